The van der Waals surface area contributed by atoms with Crippen LogP contribution in [-0.2, 0) is 32.7 Å². The lowest BCUT2D eigenvalue weighted by Gasteiger charge is -2.44. The maximum Gasteiger partial charge on any atom is 0.336 e. The van der Waals surface area contributed by atoms with Gasteiger partial charge in [-0.05, 0) is 30.9 Å². The maximum absolute atomic E-state index is 12.7. The number of hydrogen-bond acceptors (Lipinski definition) is 6. The summed E-state index contributed by atoms with van der Waals surface area (Å²) in [6.07, 6.45) is -1.47. The van der Waals surface area contributed by atoms with E-state index in [-0.39, 0.29) is 13.0 Å². The average Bonchev–Trinajstić information content (AvgIpc) is 3.15. The third-order valence-corrected chi connectivity index (χ3v) is 6.33. The Bertz CT molecular complexity index is 616. The topological polar surface area (TPSA) is 59.0 Å². The van der Waals surface area contributed by atoms with Crippen LogP contribution in [0.1, 0.15) is 55.9 Å². The highest BCUT2D eigenvalue weighted by atomic mass is 32.1. The molecule has 1 aromatic rings. The van der Waals surface area contributed by atoms with E-state index in [2.05, 4.69) is 4.74 Å². The predicted molar refractivity (Wildman–Crippen MR) is 112 cm³/mol. The minimum absolute atomic E-state index is 0.203. The molecule has 29 heavy (non-hydrogen) atoms. The number of β-amino-alcohol motifs (C(OH)–C–C–N with tert-alkyl or cyclic N) is 1. The molecule has 1 atom stereocenters. The summed E-state index contributed by atoms with van der Waals surface area (Å²) in [4.78, 5) is 15.2. The minimum atomic E-state index is -2.33. The Morgan fingerprint density at radius 1 is 1.31 bits per heavy atom. The fourth-order valence-electron chi connectivity index (χ4n) is 3.66. The van der Waals surface area contributed by atoms with Gasteiger partial charge in [0.1, 0.15) is 5.60 Å². The number of nitrogens with zero attached hydrogens (tertiary/aromatic N) is 1. The summed E-state index contributed by atoms with van der Waals surface area (Å²) < 4.78 is 36.0. The number of rotatable bonds is 5. The summed E-state index contributed by atoms with van der Waals surface area (Å²) >= 11 is 1.45. The zero-order valence-electron chi connectivity index (χ0n) is 18.2. The van der Waals surface area contributed by atoms with Gasteiger partial charge < -0.3 is 14.6 Å². The van der Waals surface area contributed by atoms with Crippen LogP contribution in [0.25, 0.3) is 0 Å². The van der Waals surface area contributed by atoms with E-state index in [1.807, 2.05) is 38.7 Å². The number of halogens is 2. The van der Waals surface area contributed by atoms with E-state index in [4.69, 9.17) is 4.74 Å². The van der Waals surface area contributed by atoms with Crippen LogP contribution >= 0.6 is 11.3 Å². The summed E-state index contributed by atoms with van der Waals surface area (Å²) in [5.41, 5.74) is 0.723. The molecule has 8 heteroatoms. The number of methoxy groups -OCH3 is 1. The summed E-state index contributed by atoms with van der Waals surface area (Å²) in [6.45, 7) is 10.2. The number of aliphatic hydroxyl groups is 1. The molecule has 2 aliphatic heterocycles. The molecule has 3 rings (SSSR count). The number of likely N-dealkylation sites (tertiary alicyclic amines) is 1. The molecule has 0 radical (unpaired) electrons. The van der Waals surface area contributed by atoms with Gasteiger partial charge in [-0.25, -0.2) is 13.6 Å². The predicted octanol–water partition coefficient (Wildman–Crippen LogP) is 4.01. The van der Waals surface area contributed by atoms with Crippen LogP contribution in [0.2, 0.25) is 0 Å². The summed E-state index contributed by atoms with van der Waals surface area (Å²) in [7, 11) is 1.25. The molecule has 0 bridgehead atoms. The average molecular weight is 436 g/mol. The van der Waals surface area contributed by atoms with E-state index in [1.165, 1.54) is 18.4 Å². The number of aliphatic hydroxyl groups excluding tert-OH is 1. The van der Waals surface area contributed by atoms with Crippen molar-refractivity contribution in [2.45, 2.75) is 71.5 Å². The Balaban J connectivity index is 0.000000989. The van der Waals surface area contributed by atoms with Crippen LogP contribution in [0.5, 0.6) is 0 Å². The second-order valence-corrected chi connectivity index (χ2v) is 7.73. The Labute approximate surface area is 177 Å². The Morgan fingerprint density at radius 2 is 1.93 bits per heavy atom. The van der Waals surface area contributed by atoms with Gasteiger partial charge in [0.25, 0.3) is 0 Å². The molecule has 1 saturated heterocycles. The summed E-state index contributed by atoms with van der Waals surface area (Å²) in [6, 6.07) is 1.91. The highest BCUT2D eigenvalue weighted by Gasteiger charge is 2.42. The third kappa shape index (κ3) is 6.70. The van der Waals surface area contributed by atoms with Crippen molar-refractivity contribution in [3.8, 4) is 0 Å². The van der Waals surface area contributed by atoms with Crippen LogP contribution in [0.4, 0.5) is 8.78 Å². The van der Waals surface area contributed by atoms with E-state index >= 15 is 0 Å². The van der Waals surface area contributed by atoms with Crippen molar-refractivity contribution in [2.75, 3.05) is 33.4 Å². The van der Waals surface area contributed by atoms with E-state index in [0.717, 1.165) is 29.7 Å². The number of fused-ring (bicyclic) bond motifs is 2. The molecule has 0 amide bonds. The lowest BCUT2D eigenvalue weighted by Crippen LogP contribution is -2.48. The van der Waals surface area contributed by atoms with Gasteiger partial charge in [0.05, 0.1) is 13.7 Å². The Kier molecular flexibility index (Phi) is 11.2. The highest BCUT2D eigenvalue weighted by Crippen LogP contribution is 2.45. The summed E-state index contributed by atoms with van der Waals surface area (Å²) in [5, 5.41) is 9.80. The van der Waals surface area contributed by atoms with E-state index in [1.54, 1.807) is 0 Å². The highest BCUT2D eigenvalue weighted by molar-refractivity contribution is 7.12. The van der Waals surface area contributed by atoms with Gasteiger partial charge in [0.15, 0.2) is 6.10 Å². The van der Waals surface area contributed by atoms with Crippen molar-refractivity contribution >= 4 is 17.3 Å². The van der Waals surface area contributed by atoms with Crippen molar-refractivity contribution < 1.29 is 28.2 Å². The van der Waals surface area contributed by atoms with E-state index in [9.17, 15) is 18.7 Å². The fourth-order valence-corrected chi connectivity index (χ4v) is 5.07. The molecule has 1 aromatic heterocycles. The molecule has 0 aromatic carbocycles. The van der Waals surface area contributed by atoms with Crippen molar-refractivity contribution in [1.29, 1.82) is 0 Å². The van der Waals surface area contributed by atoms with Gasteiger partial charge in [-0.1, -0.05) is 27.7 Å². The molecule has 1 fully saturated rings. The summed E-state index contributed by atoms with van der Waals surface area (Å²) in [5.74, 6) is -0.633. The van der Waals surface area contributed by atoms with Crippen molar-refractivity contribution in [3.05, 3.63) is 21.4 Å². The molecular weight excluding hydrogens is 400 g/mol. The fraction of sp³-hybridized carbons (Fsp3) is 0.762. The molecule has 5 nitrogen and oxygen atoms in total. The molecular formula is C21H35F2NO4S. The first-order valence-corrected chi connectivity index (χ1v) is 11.3. The first kappa shape index (κ1) is 25.9. The van der Waals surface area contributed by atoms with Gasteiger partial charge >= 0.3 is 5.97 Å². The standard InChI is InChI=1S/C17H23F2NO4S.2C2H6/c1-23-16(22)13(21)10-20-5-3-17(4-6-20)15-11(2-7-24-17)8-12(25-15)9-14(18)19;2*1-2/h8,13-14,21H,2-7,9-10H2,1H3;2*1-2H3. The smallest absolute Gasteiger partial charge is 0.336 e. The van der Waals surface area contributed by atoms with Crippen molar-refractivity contribution in [1.82, 2.24) is 4.90 Å². The number of carbonyl (C=O) groups is 1. The third-order valence-electron chi connectivity index (χ3n) is 4.95. The number of hydrogen-bond donors (Lipinski definition) is 1. The van der Waals surface area contributed by atoms with Crippen LogP contribution in [0.15, 0.2) is 6.07 Å². The Morgan fingerprint density at radius 3 is 2.48 bits per heavy atom. The number of piperidine rings is 1. The van der Waals surface area contributed by atoms with Crippen LogP contribution in [0, 0.1) is 0 Å². The lowest BCUT2D eigenvalue weighted by atomic mass is 9.85. The zero-order chi connectivity index (χ0) is 22.0. The van der Waals surface area contributed by atoms with Crippen LogP contribution in [-0.4, -0.2) is 61.9 Å². The molecule has 2 aliphatic rings. The van der Waals surface area contributed by atoms with Crippen LogP contribution < -0.4 is 0 Å². The second-order valence-electron chi connectivity index (χ2n) is 6.59. The second kappa shape index (κ2) is 12.6. The van der Waals surface area contributed by atoms with E-state index in [0.29, 0.717) is 24.6 Å². The lowest BCUT2D eigenvalue weighted by molar-refractivity contribution is -0.152. The number of thiophene rings is 1. The minimum Gasteiger partial charge on any atom is -0.467 e. The van der Waals surface area contributed by atoms with E-state index < -0.39 is 24.1 Å². The molecule has 1 unspecified atom stereocenters. The number of alkyl halides is 2. The molecule has 1 spiro atoms. The number of esters is 1. The van der Waals surface area contributed by atoms with Crippen molar-refractivity contribution in [3.63, 3.8) is 0 Å². The zero-order valence-corrected chi connectivity index (χ0v) is 19.0. The number of carbonyl (C=O) groups excluding carboxylic acids is 1. The molecule has 1 N–H and O–H groups in total. The van der Waals surface area contributed by atoms with Gasteiger partial charge in [0, 0.05) is 35.8 Å². The normalized spacial score (nSPS) is 18.8. The number of ether oxygens (including phenoxy) is 2. The monoisotopic (exact) mass is 435 g/mol. The van der Waals surface area contributed by atoms with Crippen LogP contribution in [0.3, 0.4) is 0 Å². The quantitative estimate of drug-likeness (QED) is 0.709. The first-order chi connectivity index (χ1) is 13.9. The van der Waals surface area contributed by atoms with Gasteiger partial charge in [0.2, 0.25) is 6.43 Å². The van der Waals surface area contributed by atoms with Gasteiger partial charge in [-0.2, -0.15) is 0 Å². The first-order valence-electron chi connectivity index (χ1n) is 10.5. The molecule has 168 valence electrons. The maximum atomic E-state index is 12.7. The van der Waals surface area contributed by atoms with Crippen molar-refractivity contribution in [2.24, 2.45) is 0 Å². The molecule has 0 aliphatic carbocycles. The van der Waals surface area contributed by atoms with Gasteiger partial charge in [-0.15, -0.1) is 11.3 Å². The SMILES string of the molecule is CC.CC.COC(=O)C(O)CN1CCC2(CC1)OCCc1cc(CC(F)F)sc12. The molecule has 3 heterocycles. The Hall–Kier alpha value is -1.09. The molecule has 0 saturated carbocycles. The largest absolute Gasteiger partial charge is 0.467 e. The van der Waals surface area contributed by atoms with Gasteiger partial charge in [-0.3, -0.25) is 4.90 Å².